The standard InChI is InChI=1S/C20H23FN2O3/c1-3-13-7-5-6-8-17(13)14-9-15(11-16(21)10-14)19(24)23-12-18(22)20(25)26-4-2/h5-11,18H,3-4,12,22H2,1-2H3,(H,23,24)/t18-/m1/s1. The monoisotopic (exact) mass is 358 g/mol. The molecule has 6 heteroatoms. The molecule has 0 radical (unpaired) electrons. The van der Waals surface area contributed by atoms with Crippen LogP contribution in [0.25, 0.3) is 11.1 Å². The molecule has 2 aromatic carbocycles. The second kappa shape index (κ2) is 9.10. The number of benzene rings is 2. The van der Waals surface area contributed by atoms with Crippen LogP contribution >= 0.6 is 0 Å². The molecule has 0 fully saturated rings. The van der Waals surface area contributed by atoms with E-state index in [0.29, 0.717) is 5.56 Å². The molecule has 26 heavy (non-hydrogen) atoms. The van der Waals surface area contributed by atoms with E-state index in [1.807, 2.05) is 31.2 Å². The zero-order valence-corrected chi connectivity index (χ0v) is 14.9. The quantitative estimate of drug-likeness (QED) is 0.746. The van der Waals surface area contributed by atoms with E-state index in [4.69, 9.17) is 10.5 Å². The molecule has 0 aliphatic carbocycles. The minimum atomic E-state index is -0.965. The van der Waals surface area contributed by atoms with Crippen LogP contribution < -0.4 is 11.1 Å². The van der Waals surface area contributed by atoms with Crippen molar-refractivity contribution in [1.29, 1.82) is 0 Å². The number of esters is 1. The van der Waals surface area contributed by atoms with Gasteiger partial charge < -0.3 is 15.8 Å². The SMILES string of the molecule is CCOC(=O)[C@H](N)CNC(=O)c1cc(F)cc(-c2ccccc2CC)c1. The third-order valence-electron chi connectivity index (χ3n) is 3.94. The summed E-state index contributed by atoms with van der Waals surface area (Å²) in [6.45, 7) is 3.81. The van der Waals surface area contributed by atoms with E-state index in [9.17, 15) is 14.0 Å². The van der Waals surface area contributed by atoms with Crippen LogP contribution in [-0.4, -0.2) is 31.1 Å². The molecule has 0 aliphatic heterocycles. The Morgan fingerprint density at radius 1 is 1.19 bits per heavy atom. The minimum Gasteiger partial charge on any atom is -0.465 e. The molecule has 5 nitrogen and oxygen atoms in total. The number of rotatable bonds is 7. The average molecular weight is 358 g/mol. The number of hydrogen-bond acceptors (Lipinski definition) is 4. The maximum absolute atomic E-state index is 14.1. The fourth-order valence-corrected chi connectivity index (χ4v) is 2.62. The van der Waals surface area contributed by atoms with Crippen LogP contribution in [0.2, 0.25) is 0 Å². The third kappa shape index (κ3) is 4.89. The maximum Gasteiger partial charge on any atom is 0.324 e. The van der Waals surface area contributed by atoms with E-state index in [1.165, 1.54) is 6.07 Å². The second-order valence-electron chi connectivity index (χ2n) is 5.81. The molecule has 1 amide bonds. The van der Waals surface area contributed by atoms with Crippen molar-refractivity contribution in [3.63, 3.8) is 0 Å². The van der Waals surface area contributed by atoms with Gasteiger partial charge in [0.05, 0.1) is 6.61 Å². The molecule has 0 saturated carbocycles. The molecule has 0 unspecified atom stereocenters. The topological polar surface area (TPSA) is 81.4 Å². The molecule has 138 valence electrons. The summed E-state index contributed by atoms with van der Waals surface area (Å²) >= 11 is 0. The summed E-state index contributed by atoms with van der Waals surface area (Å²) < 4.78 is 18.8. The van der Waals surface area contributed by atoms with Crippen LogP contribution in [0, 0.1) is 5.82 Å². The second-order valence-corrected chi connectivity index (χ2v) is 5.81. The molecule has 2 rings (SSSR count). The van der Waals surface area contributed by atoms with E-state index in [-0.39, 0.29) is 18.7 Å². The van der Waals surface area contributed by atoms with E-state index < -0.39 is 23.7 Å². The first-order valence-corrected chi connectivity index (χ1v) is 8.55. The van der Waals surface area contributed by atoms with Gasteiger partial charge in [0.25, 0.3) is 5.91 Å². The van der Waals surface area contributed by atoms with Gasteiger partial charge >= 0.3 is 5.97 Å². The van der Waals surface area contributed by atoms with Gasteiger partial charge in [-0.1, -0.05) is 31.2 Å². The lowest BCUT2D eigenvalue weighted by molar-refractivity contribution is -0.144. The van der Waals surface area contributed by atoms with E-state index in [0.717, 1.165) is 23.6 Å². The van der Waals surface area contributed by atoms with Crippen molar-refractivity contribution in [1.82, 2.24) is 5.32 Å². The lowest BCUT2D eigenvalue weighted by atomic mass is 9.96. The van der Waals surface area contributed by atoms with Crippen LogP contribution in [0.1, 0.15) is 29.8 Å². The lowest BCUT2D eigenvalue weighted by Gasteiger charge is -2.13. The van der Waals surface area contributed by atoms with Gasteiger partial charge in [0.15, 0.2) is 0 Å². The lowest BCUT2D eigenvalue weighted by Crippen LogP contribution is -2.43. The van der Waals surface area contributed by atoms with Crippen molar-refractivity contribution >= 4 is 11.9 Å². The van der Waals surface area contributed by atoms with Crippen LogP contribution in [0.15, 0.2) is 42.5 Å². The van der Waals surface area contributed by atoms with Gasteiger partial charge in [0.1, 0.15) is 11.9 Å². The molecule has 2 aromatic rings. The highest BCUT2D eigenvalue weighted by Gasteiger charge is 2.17. The summed E-state index contributed by atoms with van der Waals surface area (Å²) in [5.41, 5.74) is 8.40. The largest absolute Gasteiger partial charge is 0.465 e. The Labute approximate surface area is 152 Å². The summed E-state index contributed by atoms with van der Waals surface area (Å²) in [6, 6.07) is 10.9. The van der Waals surface area contributed by atoms with Gasteiger partial charge in [0.2, 0.25) is 0 Å². The van der Waals surface area contributed by atoms with Crippen molar-refractivity contribution < 1.29 is 18.7 Å². The van der Waals surface area contributed by atoms with E-state index >= 15 is 0 Å². The fraction of sp³-hybridized carbons (Fsp3) is 0.300. The van der Waals surface area contributed by atoms with Crippen molar-refractivity contribution in [2.45, 2.75) is 26.3 Å². The van der Waals surface area contributed by atoms with Gasteiger partial charge in [-0.05, 0) is 48.2 Å². The maximum atomic E-state index is 14.1. The van der Waals surface area contributed by atoms with E-state index in [2.05, 4.69) is 5.32 Å². The predicted molar refractivity (Wildman–Crippen MR) is 98.2 cm³/mol. The summed E-state index contributed by atoms with van der Waals surface area (Å²) in [4.78, 5) is 23.8. The fourth-order valence-electron chi connectivity index (χ4n) is 2.62. The summed E-state index contributed by atoms with van der Waals surface area (Å²) in [5.74, 6) is -1.60. The normalized spacial score (nSPS) is 11.7. The first-order valence-electron chi connectivity index (χ1n) is 8.55. The average Bonchev–Trinajstić information content (AvgIpc) is 2.65. The smallest absolute Gasteiger partial charge is 0.324 e. The number of halogens is 1. The molecule has 0 aliphatic rings. The summed E-state index contributed by atoms with van der Waals surface area (Å²) in [7, 11) is 0. The third-order valence-corrected chi connectivity index (χ3v) is 3.94. The number of nitrogens with two attached hydrogens (primary N) is 1. The minimum absolute atomic E-state index is 0.0882. The molecule has 1 atom stereocenters. The predicted octanol–water partition coefficient (Wildman–Crippen LogP) is 2.68. The first-order chi connectivity index (χ1) is 12.5. The molecule has 0 bridgehead atoms. The Morgan fingerprint density at radius 2 is 1.92 bits per heavy atom. The van der Waals surface area contributed by atoms with Crippen LogP contribution in [0.4, 0.5) is 4.39 Å². The molecule has 3 N–H and O–H groups in total. The van der Waals surface area contributed by atoms with Crippen molar-refractivity contribution in [3.05, 3.63) is 59.4 Å². The zero-order valence-electron chi connectivity index (χ0n) is 14.9. The first kappa shape index (κ1) is 19.6. The van der Waals surface area contributed by atoms with Crippen LogP contribution in [0.3, 0.4) is 0 Å². The number of ether oxygens (including phenoxy) is 1. The van der Waals surface area contributed by atoms with Gasteiger partial charge in [-0.15, -0.1) is 0 Å². The van der Waals surface area contributed by atoms with Gasteiger partial charge in [-0.2, -0.15) is 0 Å². The number of nitrogens with one attached hydrogen (secondary N) is 1. The zero-order chi connectivity index (χ0) is 19.1. The van der Waals surface area contributed by atoms with Gasteiger partial charge in [-0.25, -0.2) is 4.39 Å². The van der Waals surface area contributed by atoms with Crippen LogP contribution in [0.5, 0.6) is 0 Å². The van der Waals surface area contributed by atoms with Crippen molar-refractivity contribution in [2.75, 3.05) is 13.2 Å². The Kier molecular flexibility index (Phi) is 6.86. The van der Waals surface area contributed by atoms with Crippen molar-refractivity contribution in [3.8, 4) is 11.1 Å². The van der Waals surface area contributed by atoms with E-state index in [1.54, 1.807) is 13.0 Å². The van der Waals surface area contributed by atoms with Gasteiger partial charge in [0, 0.05) is 12.1 Å². The molecule has 0 heterocycles. The Bertz CT molecular complexity index is 792. The number of carbonyl (C=O) groups is 2. The highest BCUT2D eigenvalue weighted by molar-refractivity contribution is 5.96. The van der Waals surface area contributed by atoms with Gasteiger partial charge in [-0.3, -0.25) is 9.59 Å². The number of hydrogen-bond donors (Lipinski definition) is 2. The Balaban J connectivity index is 2.19. The molecule has 0 saturated heterocycles. The number of amides is 1. The summed E-state index contributed by atoms with van der Waals surface area (Å²) in [6.07, 6.45) is 0.794. The summed E-state index contributed by atoms with van der Waals surface area (Å²) in [5, 5.41) is 2.54. The van der Waals surface area contributed by atoms with Crippen LogP contribution in [-0.2, 0) is 16.0 Å². The Morgan fingerprint density at radius 3 is 2.62 bits per heavy atom. The molecular weight excluding hydrogens is 335 g/mol. The molecular formula is C20H23FN2O3. The Hall–Kier alpha value is -2.73. The van der Waals surface area contributed by atoms with Crippen molar-refractivity contribution in [2.24, 2.45) is 5.73 Å². The highest BCUT2D eigenvalue weighted by atomic mass is 19.1. The number of aryl methyl sites for hydroxylation is 1. The molecule has 0 aromatic heterocycles. The molecule has 0 spiro atoms. The highest BCUT2D eigenvalue weighted by Crippen LogP contribution is 2.26. The number of carbonyl (C=O) groups excluding carboxylic acids is 2.